The van der Waals surface area contributed by atoms with Crippen LogP contribution < -0.4 is 0 Å². The maximum absolute atomic E-state index is 6.22. The Morgan fingerprint density at radius 1 is 0.291 bits per heavy atom. The highest BCUT2D eigenvalue weighted by atomic mass is 16.3. The molecule has 0 radical (unpaired) electrons. The minimum absolute atomic E-state index is 0.502. The van der Waals surface area contributed by atoms with Gasteiger partial charge in [-0.05, 0) is 100 Å². The van der Waals surface area contributed by atoms with Crippen LogP contribution in [0.25, 0.3) is 121 Å². The van der Waals surface area contributed by atoms with Gasteiger partial charge in [0.05, 0.1) is 0 Å². The van der Waals surface area contributed by atoms with Crippen molar-refractivity contribution in [2.75, 3.05) is 0 Å². The number of benzene rings is 9. The highest BCUT2D eigenvalue weighted by Crippen LogP contribution is 2.44. The molecule has 0 fully saturated rings. The average molecular weight is 700 g/mol. The summed E-state index contributed by atoms with van der Waals surface area (Å²) >= 11 is 0. The first-order valence-electron chi connectivity index (χ1n) is 18.6. The SMILES string of the molecule is c1ccc(-c2nc(-c3ccc(-c4cc5ccc6cccc7c8cccc9ccc%10cccc(c(c4)c5c67)c%10c98)cc3)nc(-c3cc4ccccc4o3)n2)cc1. The molecule has 0 amide bonds. The van der Waals surface area contributed by atoms with Crippen molar-refractivity contribution in [1.29, 1.82) is 0 Å². The molecule has 0 saturated carbocycles. The second-order valence-electron chi connectivity index (χ2n) is 14.4. The quantitative estimate of drug-likeness (QED) is 0.172. The van der Waals surface area contributed by atoms with Crippen molar-refractivity contribution < 1.29 is 4.42 Å². The van der Waals surface area contributed by atoms with Crippen molar-refractivity contribution in [3.05, 3.63) is 176 Å². The third-order valence-corrected chi connectivity index (χ3v) is 11.2. The van der Waals surface area contributed by atoms with Crippen LogP contribution in [0.1, 0.15) is 0 Å². The monoisotopic (exact) mass is 699 g/mol. The summed E-state index contributed by atoms with van der Waals surface area (Å²) in [6.45, 7) is 0. The fourth-order valence-electron chi connectivity index (χ4n) is 8.69. The summed E-state index contributed by atoms with van der Waals surface area (Å²) in [7, 11) is 0. The molecule has 0 spiro atoms. The Balaban J connectivity index is 1.07. The van der Waals surface area contributed by atoms with E-state index in [1.165, 1.54) is 64.6 Å². The maximum Gasteiger partial charge on any atom is 0.199 e. The predicted molar refractivity (Wildman–Crippen MR) is 228 cm³/mol. The molecule has 0 saturated heterocycles. The number of hydrogen-bond donors (Lipinski definition) is 0. The minimum Gasteiger partial charge on any atom is -0.453 e. The molecular formula is C51H29N3O. The van der Waals surface area contributed by atoms with Gasteiger partial charge in [0.1, 0.15) is 5.58 Å². The maximum atomic E-state index is 6.22. The number of rotatable bonds is 4. The Bertz CT molecular complexity index is 3440. The van der Waals surface area contributed by atoms with Crippen LogP contribution in [0.3, 0.4) is 0 Å². The molecule has 12 rings (SSSR count). The standard InChI is InChI=1S/C51H29N3O/c1-2-9-34(10-3-1)49-52-50(54-51(53-49)44-29-36-11-4-5-18-43(36)55-44)35-24-19-30(20-25-35)38-27-37-26-23-33-13-7-16-40-39-15-6-12-31-21-22-32-14-8-17-41(47(32)45(31)39)42(28-38)48(37)46(33)40/h1-29H. The average Bonchev–Trinajstić information content (AvgIpc) is 3.70. The third kappa shape index (κ3) is 4.62. The van der Waals surface area contributed by atoms with E-state index in [9.17, 15) is 0 Å². The normalized spacial score (nSPS) is 12.0. The molecule has 2 aromatic heterocycles. The first-order chi connectivity index (χ1) is 27.2. The number of furan rings is 1. The van der Waals surface area contributed by atoms with Gasteiger partial charge in [-0.25, -0.2) is 15.0 Å². The molecule has 0 aliphatic heterocycles. The summed E-state index contributed by atoms with van der Waals surface area (Å²) in [6, 6.07) is 62.6. The molecule has 254 valence electrons. The molecule has 55 heavy (non-hydrogen) atoms. The van der Waals surface area contributed by atoms with Gasteiger partial charge in [-0.1, -0.05) is 152 Å². The Labute approximate surface area is 315 Å². The molecule has 0 unspecified atom stereocenters. The van der Waals surface area contributed by atoms with Gasteiger partial charge < -0.3 is 4.42 Å². The second-order valence-corrected chi connectivity index (χ2v) is 14.4. The fourth-order valence-corrected chi connectivity index (χ4v) is 8.69. The van der Waals surface area contributed by atoms with Crippen molar-refractivity contribution in [2.24, 2.45) is 0 Å². The molecule has 0 bridgehead atoms. The summed E-state index contributed by atoms with van der Waals surface area (Å²) in [5.41, 5.74) is 4.90. The van der Waals surface area contributed by atoms with Gasteiger partial charge in [-0.3, -0.25) is 0 Å². The zero-order valence-electron chi connectivity index (χ0n) is 29.5. The number of nitrogens with zero attached hydrogens (tertiary/aromatic N) is 3. The summed E-state index contributed by atoms with van der Waals surface area (Å²) in [4.78, 5) is 14.8. The third-order valence-electron chi connectivity index (χ3n) is 11.2. The van der Waals surface area contributed by atoms with Crippen molar-refractivity contribution in [3.8, 4) is 45.5 Å². The van der Waals surface area contributed by atoms with Crippen LogP contribution in [0.5, 0.6) is 0 Å². The van der Waals surface area contributed by atoms with Crippen molar-refractivity contribution >= 4 is 75.6 Å². The molecule has 10 aromatic carbocycles. The topological polar surface area (TPSA) is 51.8 Å². The van der Waals surface area contributed by atoms with Crippen LogP contribution in [0.2, 0.25) is 0 Å². The van der Waals surface area contributed by atoms with Crippen LogP contribution in [0.15, 0.2) is 180 Å². The summed E-state index contributed by atoms with van der Waals surface area (Å²) in [5.74, 6) is 2.30. The van der Waals surface area contributed by atoms with E-state index in [1.54, 1.807) is 0 Å². The van der Waals surface area contributed by atoms with Crippen LogP contribution in [-0.4, -0.2) is 15.0 Å². The van der Waals surface area contributed by atoms with Gasteiger partial charge in [0.15, 0.2) is 23.2 Å². The Morgan fingerprint density at radius 3 is 1.42 bits per heavy atom. The smallest absolute Gasteiger partial charge is 0.199 e. The Morgan fingerprint density at radius 2 is 0.782 bits per heavy atom. The predicted octanol–water partition coefficient (Wildman–Crippen LogP) is 13.6. The molecule has 2 heterocycles. The van der Waals surface area contributed by atoms with Crippen LogP contribution in [-0.2, 0) is 0 Å². The van der Waals surface area contributed by atoms with Crippen molar-refractivity contribution in [3.63, 3.8) is 0 Å². The molecule has 4 nitrogen and oxygen atoms in total. The summed E-state index contributed by atoms with van der Waals surface area (Å²) in [5, 5.41) is 16.3. The van der Waals surface area contributed by atoms with Crippen molar-refractivity contribution in [1.82, 2.24) is 15.0 Å². The van der Waals surface area contributed by atoms with Gasteiger partial charge in [0.25, 0.3) is 0 Å². The molecule has 0 aliphatic rings. The Kier molecular flexibility index (Phi) is 6.31. The van der Waals surface area contributed by atoms with Gasteiger partial charge in [-0.2, -0.15) is 0 Å². The van der Waals surface area contributed by atoms with E-state index < -0.39 is 0 Å². The van der Waals surface area contributed by atoms with E-state index in [-0.39, 0.29) is 0 Å². The lowest BCUT2D eigenvalue weighted by Crippen LogP contribution is -1.99. The van der Waals surface area contributed by atoms with Crippen LogP contribution >= 0.6 is 0 Å². The molecule has 12 aromatic rings. The molecule has 4 heteroatoms. The van der Waals surface area contributed by atoms with Gasteiger partial charge in [0, 0.05) is 16.5 Å². The van der Waals surface area contributed by atoms with Crippen LogP contribution in [0.4, 0.5) is 0 Å². The molecule has 0 aliphatic carbocycles. The van der Waals surface area contributed by atoms with E-state index in [0.717, 1.165) is 33.2 Å². The lowest BCUT2D eigenvalue weighted by Gasteiger charge is -2.17. The highest BCUT2D eigenvalue weighted by Gasteiger charge is 2.18. The number of fused-ring (bicyclic) bond motifs is 3. The van der Waals surface area contributed by atoms with Crippen LogP contribution in [0, 0.1) is 0 Å². The number of para-hydroxylation sites is 1. The van der Waals surface area contributed by atoms with E-state index >= 15 is 0 Å². The minimum atomic E-state index is 0.502. The van der Waals surface area contributed by atoms with E-state index in [4.69, 9.17) is 19.4 Å². The summed E-state index contributed by atoms with van der Waals surface area (Å²) in [6.07, 6.45) is 0. The van der Waals surface area contributed by atoms with E-state index in [2.05, 4.69) is 115 Å². The van der Waals surface area contributed by atoms with Gasteiger partial charge in [-0.15, -0.1) is 0 Å². The zero-order valence-corrected chi connectivity index (χ0v) is 29.5. The van der Waals surface area contributed by atoms with E-state index in [1.807, 2.05) is 60.7 Å². The summed E-state index contributed by atoms with van der Waals surface area (Å²) < 4.78 is 6.22. The molecule has 0 atom stereocenters. The largest absolute Gasteiger partial charge is 0.453 e. The van der Waals surface area contributed by atoms with Crippen molar-refractivity contribution in [2.45, 2.75) is 0 Å². The lowest BCUT2D eigenvalue weighted by molar-refractivity contribution is 0.625. The first kappa shape index (κ1) is 30.1. The Hall–Kier alpha value is -7.43. The first-order valence-corrected chi connectivity index (χ1v) is 18.6. The highest BCUT2D eigenvalue weighted by molar-refractivity contribution is 6.37. The van der Waals surface area contributed by atoms with Gasteiger partial charge >= 0.3 is 0 Å². The second kappa shape index (κ2) is 11.5. The number of aromatic nitrogens is 3. The number of hydrogen-bond acceptors (Lipinski definition) is 4. The lowest BCUT2D eigenvalue weighted by atomic mass is 9.86. The molecule has 0 N–H and O–H groups in total. The molecular weight excluding hydrogens is 671 g/mol. The zero-order chi connectivity index (χ0) is 36.0. The van der Waals surface area contributed by atoms with E-state index in [0.29, 0.717) is 23.2 Å². The fraction of sp³-hybridized carbons (Fsp3) is 0. The van der Waals surface area contributed by atoms with Gasteiger partial charge in [0.2, 0.25) is 0 Å².